The number of imide groups is 1. The van der Waals surface area contributed by atoms with Crippen LogP contribution in [0.3, 0.4) is 0 Å². The summed E-state index contributed by atoms with van der Waals surface area (Å²) >= 11 is 0. The number of halogens is 4. The third-order valence-corrected chi connectivity index (χ3v) is 13.6. The van der Waals surface area contributed by atoms with E-state index in [9.17, 15) is 28.0 Å². The summed E-state index contributed by atoms with van der Waals surface area (Å²) in [7, 11) is 0. The van der Waals surface area contributed by atoms with Gasteiger partial charge in [-0.25, -0.2) is 18.3 Å². The van der Waals surface area contributed by atoms with E-state index in [4.69, 9.17) is 14.1 Å². The van der Waals surface area contributed by atoms with Crippen molar-refractivity contribution in [3.05, 3.63) is 65.9 Å². The van der Waals surface area contributed by atoms with Gasteiger partial charge >= 0.3 is 5.92 Å². The molecule has 1 saturated carbocycles. The Hall–Kier alpha value is -5.89. The first kappa shape index (κ1) is 41.1. The van der Waals surface area contributed by atoms with Gasteiger partial charge in [0.15, 0.2) is 16.9 Å². The first-order chi connectivity index (χ1) is 30.4. The van der Waals surface area contributed by atoms with Gasteiger partial charge in [-0.05, 0) is 82.5 Å². The summed E-state index contributed by atoms with van der Waals surface area (Å²) in [6.45, 7) is 2.81. The van der Waals surface area contributed by atoms with E-state index in [2.05, 4.69) is 35.9 Å². The Morgan fingerprint density at radius 3 is 2.52 bits per heavy atom. The fourth-order valence-electron chi connectivity index (χ4n) is 10.2. The minimum Gasteiger partial charge on any atom is -0.462 e. The van der Waals surface area contributed by atoms with E-state index >= 15 is 8.78 Å². The lowest BCUT2D eigenvalue weighted by atomic mass is 9.84. The number of carbonyl (C=O) groups is 4. The summed E-state index contributed by atoms with van der Waals surface area (Å²) in [6, 6.07) is 6.62. The molecular formula is C43H46F4N10O6. The monoisotopic (exact) mass is 874 g/mol. The predicted octanol–water partition coefficient (Wildman–Crippen LogP) is 6.08. The number of morpholine rings is 1. The molecule has 63 heavy (non-hydrogen) atoms. The minimum absolute atomic E-state index is 0.0699. The lowest BCUT2D eigenvalue weighted by Gasteiger charge is -2.38. The number of rotatable bonds is 11. The molecule has 332 valence electrons. The van der Waals surface area contributed by atoms with E-state index < -0.39 is 47.6 Å². The molecule has 4 amide bonds. The molecule has 3 atom stereocenters. The van der Waals surface area contributed by atoms with Crippen molar-refractivity contribution in [2.24, 2.45) is 11.8 Å². The minimum atomic E-state index is -3.65. The summed E-state index contributed by atoms with van der Waals surface area (Å²) in [5.41, 5.74) is 0.621. The van der Waals surface area contributed by atoms with Gasteiger partial charge in [-0.1, -0.05) is 12.1 Å². The molecule has 3 N–H and O–H groups in total. The van der Waals surface area contributed by atoms with E-state index in [0.29, 0.717) is 68.0 Å². The lowest BCUT2D eigenvalue weighted by Crippen LogP contribution is -2.47. The molecule has 5 aromatic rings. The van der Waals surface area contributed by atoms with Crippen LogP contribution in [0.1, 0.15) is 97.8 Å². The third-order valence-electron chi connectivity index (χ3n) is 13.6. The van der Waals surface area contributed by atoms with Gasteiger partial charge in [-0.15, -0.1) is 0 Å². The van der Waals surface area contributed by atoms with Gasteiger partial charge in [-0.3, -0.25) is 29.2 Å². The number of likely N-dealkylation sites (tertiary alicyclic amines) is 1. The zero-order chi connectivity index (χ0) is 43.6. The quantitative estimate of drug-likeness (QED) is 0.103. The van der Waals surface area contributed by atoms with Crippen LogP contribution >= 0.6 is 0 Å². The van der Waals surface area contributed by atoms with Gasteiger partial charge in [0.1, 0.15) is 11.4 Å². The number of piperidine rings is 2. The summed E-state index contributed by atoms with van der Waals surface area (Å²) in [5.74, 6) is -7.36. The number of anilines is 3. The van der Waals surface area contributed by atoms with E-state index in [1.807, 2.05) is 6.07 Å². The molecule has 1 aromatic carbocycles. The van der Waals surface area contributed by atoms with Crippen LogP contribution in [-0.2, 0) is 19.1 Å². The topological polar surface area (TPSA) is 181 Å². The van der Waals surface area contributed by atoms with Crippen LogP contribution in [-0.4, -0.2) is 104 Å². The molecule has 1 aliphatic carbocycles. The van der Waals surface area contributed by atoms with Crippen LogP contribution in [0.2, 0.25) is 0 Å². The normalized spacial score (nSPS) is 24.8. The first-order valence-electron chi connectivity index (χ1n) is 21.6. The van der Waals surface area contributed by atoms with Gasteiger partial charge in [0.25, 0.3) is 18.2 Å². The standard InChI is InChI=1S/C43H46F4N10O6/c44-38(45)36-33(49-41(60)30-17-48-56-15-12-34(51-39(30)56)55-19-27-16-26(55)21-62-27)20-57(53-36)25-6-4-23(5-7-25)18-54-13-10-24(11-14-54)43(46,47)42(61)50-32-3-1-2-28-31(22-63-37(28)32)29-8-9-35(58)52-40(29)59/h1-3,12,15,17,20,22-27,29,38H,4-11,13-14,16,18-19,21H2,(H,49,60)(H,50,61)(H,52,58,59)/t23?,25?,26-,27-,29-/m1/s1. The van der Waals surface area contributed by atoms with Crippen LogP contribution in [0, 0.1) is 11.8 Å². The number of nitrogens with zero attached hydrogens (tertiary/aromatic N) is 7. The Labute approximate surface area is 357 Å². The highest BCUT2D eigenvalue weighted by Gasteiger charge is 2.48. The number of hydrogen-bond acceptors (Lipinski definition) is 11. The van der Waals surface area contributed by atoms with Crippen molar-refractivity contribution in [2.75, 3.05) is 48.3 Å². The van der Waals surface area contributed by atoms with Crippen molar-refractivity contribution >= 4 is 57.4 Å². The van der Waals surface area contributed by atoms with Gasteiger partial charge in [0.05, 0.1) is 54.5 Å². The fraction of sp³-hybridized carbons (Fsp3) is 0.512. The number of carbonyl (C=O) groups excluding carboxylic acids is 4. The number of alkyl halides is 4. The van der Waals surface area contributed by atoms with Crippen molar-refractivity contribution in [3.63, 3.8) is 0 Å². The number of furan rings is 1. The number of ether oxygens (including phenoxy) is 1. The number of nitrogens with one attached hydrogen (secondary N) is 3. The van der Waals surface area contributed by atoms with E-state index in [-0.39, 0.29) is 78.2 Å². The van der Waals surface area contributed by atoms with Crippen LogP contribution in [0.25, 0.3) is 16.6 Å². The zero-order valence-corrected chi connectivity index (χ0v) is 34.2. The van der Waals surface area contributed by atoms with Crippen LogP contribution in [0.5, 0.6) is 0 Å². The number of fused-ring (bicyclic) bond motifs is 4. The Balaban J connectivity index is 0.719. The summed E-state index contributed by atoms with van der Waals surface area (Å²) in [4.78, 5) is 59.8. The van der Waals surface area contributed by atoms with Crippen molar-refractivity contribution < 1.29 is 45.9 Å². The predicted molar refractivity (Wildman–Crippen MR) is 219 cm³/mol. The second-order valence-electron chi connectivity index (χ2n) is 17.5. The highest BCUT2D eigenvalue weighted by atomic mass is 19.3. The fourth-order valence-corrected chi connectivity index (χ4v) is 10.2. The molecule has 0 radical (unpaired) electrons. The first-order valence-corrected chi connectivity index (χ1v) is 21.6. The van der Waals surface area contributed by atoms with E-state index in [1.54, 1.807) is 18.3 Å². The van der Waals surface area contributed by atoms with Crippen LogP contribution in [0.4, 0.5) is 34.8 Å². The maximum Gasteiger partial charge on any atom is 0.327 e. The summed E-state index contributed by atoms with van der Waals surface area (Å²) < 4.78 is 74.3. The number of hydrogen-bond donors (Lipinski definition) is 3. The Morgan fingerprint density at radius 2 is 1.79 bits per heavy atom. The molecule has 16 nitrogen and oxygen atoms in total. The Kier molecular flexibility index (Phi) is 10.7. The van der Waals surface area contributed by atoms with E-state index in [0.717, 1.165) is 19.3 Å². The van der Waals surface area contributed by atoms with Crippen LogP contribution in [0.15, 0.2) is 53.5 Å². The third kappa shape index (κ3) is 7.80. The molecule has 0 unspecified atom stereocenters. The Morgan fingerprint density at radius 1 is 0.984 bits per heavy atom. The van der Waals surface area contributed by atoms with Crippen molar-refractivity contribution in [3.8, 4) is 0 Å². The molecule has 5 fully saturated rings. The average molecular weight is 875 g/mol. The molecule has 10 rings (SSSR count). The molecular weight excluding hydrogens is 829 g/mol. The Bertz CT molecular complexity index is 2580. The highest BCUT2D eigenvalue weighted by molar-refractivity contribution is 6.08. The second kappa shape index (κ2) is 16.3. The van der Waals surface area contributed by atoms with Crippen molar-refractivity contribution in [2.45, 2.75) is 94.2 Å². The molecule has 2 bridgehead atoms. The molecule has 5 aliphatic rings. The number of para-hydroxylation sites is 1. The average Bonchev–Trinajstić information content (AvgIpc) is 4.13. The number of benzene rings is 1. The van der Waals surface area contributed by atoms with Gasteiger partial charge < -0.3 is 29.6 Å². The van der Waals surface area contributed by atoms with Gasteiger partial charge in [-0.2, -0.15) is 19.0 Å². The van der Waals surface area contributed by atoms with Gasteiger partial charge in [0, 0.05) is 48.8 Å². The maximum absolute atomic E-state index is 15.7. The smallest absolute Gasteiger partial charge is 0.327 e. The maximum atomic E-state index is 15.7. The van der Waals surface area contributed by atoms with Gasteiger partial charge in [0.2, 0.25) is 11.8 Å². The number of aromatic nitrogens is 5. The SMILES string of the molecule is O=C1CC[C@H](c2coc3c(NC(=O)C(F)(F)C4CCN(CC5CCC(n6cc(NC(=O)c7cnn8ccc(N9C[C@H]%10C[C@@H]9CO%10)nc78)c(C(F)F)n6)CC5)CC4)cccc23)C(=O)N1. The summed E-state index contributed by atoms with van der Waals surface area (Å²) in [5, 5.41) is 16.3. The van der Waals surface area contributed by atoms with Crippen molar-refractivity contribution in [1.82, 2.24) is 34.6 Å². The number of amides is 4. The molecule has 20 heteroatoms. The molecule has 4 aromatic heterocycles. The van der Waals surface area contributed by atoms with Crippen LogP contribution < -0.4 is 20.9 Å². The lowest BCUT2D eigenvalue weighted by molar-refractivity contribution is -0.151. The van der Waals surface area contributed by atoms with Crippen molar-refractivity contribution in [1.29, 1.82) is 0 Å². The summed E-state index contributed by atoms with van der Waals surface area (Å²) in [6.07, 6.45) is 7.65. The zero-order valence-electron chi connectivity index (χ0n) is 34.2. The molecule has 8 heterocycles. The second-order valence-corrected chi connectivity index (χ2v) is 17.5. The molecule has 4 saturated heterocycles. The highest BCUT2D eigenvalue weighted by Crippen LogP contribution is 2.40. The largest absolute Gasteiger partial charge is 0.462 e. The van der Waals surface area contributed by atoms with E-state index in [1.165, 1.54) is 33.9 Å². The molecule has 4 aliphatic heterocycles. The molecule has 0 spiro atoms.